The minimum atomic E-state index is -0.221. The first-order valence-corrected chi connectivity index (χ1v) is 9.32. The van der Waals surface area contributed by atoms with Crippen LogP contribution >= 0.6 is 34.5 Å². The first kappa shape index (κ1) is 17.9. The van der Waals surface area contributed by atoms with Gasteiger partial charge in [-0.2, -0.15) is 11.3 Å². The van der Waals surface area contributed by atoms with Gasteiger partial charge in [0, 0.05) is 33.8 Å². The molecule has 0 radical (unpaired) electrons. The zero-order valence-corrected chi connectivity index (χ0v) is 15.7. The molecule has 2 aromatic heterocycles. The SMILES string of the molecule is CC(NC(=O)CCc1nnc(-c2ccsc2)o1)c1ccc(Cl)cc1Cl. The van der Waals surface area contributed by atoms with Crippen molar-refractivity contribution in [2.45, 2.75) is 25.8 Å². The van der Waals surface area contributed by atoms with Crippen molar-refractivity contribution in [2.24, 2.45) is 0 Å². The number of nitrogens with one attached hydrogen (secondary N) is 1. The van der Waals surface area contributed by atoms with Gasteiger partial charge in [-0.15, -0.1) is 10.2 Å². The summed E-state index contributed by atoms with van der Waals surface area (Å²) in [5.74, 6) is 0.792. The van der Waals surface area contributed by atoms with Crippen LogP contribution in [0.2, 0.25) is 10.0 Å². The topological polar surface area (TPSA) is 68.0 Å². The van der Waals surface area contributed by atoms with Gasteiger partial charge in [0.2, 0.25) is 17.7 Å². The molecule has 0 aliphatic heterocycles. The molecule has 0 saturated heterocycles. The standard InChI is InChI=1S/C17H15Cl2N3O2S/c1-10(13-3-2-12(18)8-14(13)19)20-15(23)4-5-16-21-22-17(24-16)11-6-7-25-9-11/h2-3,6-10H,4-5H2,1H3,(H,20,23). The quantitative estimate of drug-likeness (QED) is 0.643. The number of amides is 1. The van der Waals surface area contributed by atoms with Crippen molar-refractivity contribution in [3.63, 3.8) is 0 Å². The van der Waals surface area contributed by atoms with E-state index in [2.05, 4.69) is 15.5 Å². The molecule has 25 heavy (non-hydrogen) atoms. The fourth-order valence-corrected chi connectivity index (χ4v) is 3.52. The molecule has 1 atom stereocenters. The highest BCUT2D eigenvalue weighted by Crippen LogP contribution is 2.26. The maximum atomic E-state index is 12.1. The van der Waals surface area contributed by atoms with Crippen LogP contribution in [0.1, 0.15) is 30.8 Å². The van der Waals surface area contributed by atoms with Gasteiger partial charge in [-0.25, -0.2) is 0 Å². The molecule has 3 aromatic rings. The second-order valence-electron chi connectivity index (χ2n) is 5.47. The molecule has 0 aliphatic rings. The van der Waals surface area contributed by atoms with E-state index in [9.17, 15) is 4.79 Å². The van der Waals surface area contributed by atoms with Crippen molar-refractivity contribution in [1.82, 2.24) is 15.5 Å². The second kappa shape index (κ2) is 7.99. The lowest BCUT2D eigenvalue weighted by atomic mass is 10.1. The van der Waals surface area contributed by atoms with E-state index in [1.54, 1.807) is 29.5 Å². The third kappa shape index (κ3) is 4.60. The summed E-state index contributed by atoms with van der Waals surface area (Å²) in [5.41, 5.74) is 1.70. The molecular weight excluding hydrogens is 381 g/mol. The molecule has 1 aromatic carbocycles. The highest BCUT2D eigenvalue weighted by atomic mass is 35.5. The summed E-state index contributed by atoms with van der Waals surface area (Å²) >= 11 is 13.6. The van der Waals surface area contributed by atoms with Crippen molar-refractivity contribution in [3.8, 4) is 11.5 Å². The van der Waals surface area contributed by atoms with Crippen molar-refractivity contribution in [2.75, 3.05) is 0 Å². The molecule has 0 spiro atoms. The fourth-order valence-electron chi connectivity index (χ4n) is 2.32. The first-order valence-electron chi connectivity index (χ1n) is 7.62. The number of carbonyl (C=O) groups excluding carboxylic acids is 1. The van der Waals surface area contributed by atoms with Gasteiger partial charge in [0.05, 0.1) is 6.04 Å². The predicted molar refractivity (Wildman–Crippen MR) is 99.0 cm³/mol. The maximum absolute atomic E-state index is 12.1. The number of nitrogens with zero attached hydrogens (tertiary/aromatic N) is 2. The largest absolute Gasteiger partial charge is 0.421 e. The van der Waals surface area contributed by atoms with Gasteiger partial charge in [0.1, 0.15) is 0 Å². The van der Waals surface area contributed by atoms with E-state index in [0.717, 1.165) is 11.1 Å². The molecule has 1 unspecified atom stereocenters. The molecule has 1 N–H and O–H groups in total. The number of hydrogen-bond donors (Lipinski definition) is 1. The van der Waals surface area contributed by atoms with Gasteiger partial charge in [-0.05, 0) is 36.1 Å². The van der Waals surface area contributed by atoms with E-state index in [-0.39, 0.29) is 18.4 Å². The average Bonchev–Trinajstić information content (AvgIpc) is 3.24. The lowest BCUT2D eigenvalue weighted by Gasteiger charge is -2.15. The molecular formula is C17H15Cl2N3O2S. The van der Waals surface area contributed by atoms with Crippen LogP contribution in [0.3, 0.4) is 0 Å². The number of hydrogen-bond acceptors (Lipinski definition) is 5. The van der Waals surface area contributed by atoms with Crippen molar-refractivity contribution in [1.29, 1.82) is 0 Å². The van der Waals surface area contributed by atoms with Crippen LogP contribution in [-0.4, -0.2) is 16.1 Å². The molecule has 3 rings (SSSR count). The molecule has 130 valence electrons. The summed E-state index contributed by atoms with van der Waals surface area (Å²) in [4.78, 5) is 12.1. The van der Waals surface area contributed by atoms with Gasteiger partial charge in [-0.1, -0.05) is 29.3 Å². The molecule has 2 heterocycles. The number of benzene rings is 1. The van der Waals surface area contributed by atoms with Crippen LogP contribution in [0.25, 0.3) is 11.5 Å². The zero-order valence-electron chi connectivity index (χ0n) is 13.3. The monoisotopic (exact) mass is 395 g/mol. The smallest absolute Gasteiger partial charge is 0.248 e. The number of aromatic nitrogens is 2. The normalized spacial score (nSPS) is 12.1. The third-order valence-electron chi connectivity index (χ3n) is 3.61. The lowest BCUT2D eigenvalue weighted by Crippen LogP contribution is -2.27. The third-order valence-corrected chi connectivity index (χ3v) is 4.85. The van der Waals surface area contributed by atoms with Crippen LogP contribution in [0.4, 0.5) is 0 Å². The number of thiophene rings is 1. The Kier molecular flexibility index (Phi) is 5.73. The highest BCUT2D eigenvalue weighted by Gasteiger charge is 2.15. The average molecular weight is 396 g/mol. The first-order chi connectivity index (χ1) is 12.0. The molecule has 8 heteroatoms. The van der Waals surface area contributed by atoms with Gasteiger partial charge in [0.15, 0.2) is 0 Å². The van der Waals surface area contributed by atoms with E-state index in [1.165, 1.54) is 0 Å². The van der Waals surface area contributed by atoms with Crippen LogP contribution in [-0.2, 0) is 11.2 Å². The molecule has 0 saturated carbocycles. The van der Waals surface area contributed by atoms with Crippen LogP contribution in [0, 0.1) is 0 Å². The van der Waals surface area contributed by atoms with Gasteiger partial charge in [-0.3, -0.25) is 4.79 Å². The van der Waals surface area contributed by atoms with E-state index in [4.69, 9.17) is 27.6 Å². The number of aryl methyl sites for hydroxylation is 1. The van der Waals surface area contributed by atoms with Crippen molar-refractivity contribution in [3.05, 3.63) is 56.5 Å². The molecule has 5 nitrogen and oxygen atoms in total. The lowest BCUT2D eigenvalue weighted by molar-refractivity contribution is -0.121. The minimum absolute atomic E-state index is 0.117. The Hall–Kier alpha value is -1.89. The van der Waals surface area contributed by atoms with E-state index >= 15 is 0 Å². The number of halogens is 2. The van der Waals surface area contributed by atoms with E-state index in [0.29, 0.717) is 28.2 Å². The van der Waals surface area contributed by atoms with Gasteiger partial charge in [0.25, 0.3) is 0 Å². The summed E-state index contributed by atoms with van der Waals surface area (Å²) < 4.78 is 5.57. The number of rotatable bonds is 6. The van der Waals surface area contributed by atoms with Crippen molar-refractivity contribution < 1.29 is 9.21 Å². The Balaban J connectivity index is 1.54. The minimum Gasteiger partial charge on any atom is -0.421 e. The molecule has 0 bridgehead atoms. The summed E-state index contributed by atoms with van der Waals surface area (Å²) in [7, 11) is 0. The van der Waals surface area contributed by atoms with Gasteiger partial charge >= 0.3 is 0 Å². The summed E-state index contributed by atoms with van der Waals surface area (Å²) in [6, 6.07) is 6.90. The second-order valence-corrected chi connectivity index (χ2v) is 7.09. The Morgan fingerprint density at radius 3 is 2.88 bits per heavy atom. The van der Waals surface area contributed by atoms with Crippen LogP contribution < -0.4 is 5.32 Å². The fraction of sp³-hybridized carbons (Fsp3) is 0.235. The molecule has 0 fully saturated rings. The summed E-state index contributed by atoms with van der Waals surface area (Å²) in [5, 5.41) is 15.8. The summed E-state index contributed by atoms with van der Waals surface area (Å²) in [6.07, 6.45) is 0.630. The zero-order chi connectivity index (χ0) is 17.8. The van der Waals surface area contributed by atoms with Crippen LogP contribution in [0.5, 0.6) is 0 Å². The maximum Gasteiger partial charge on any atom is 0.248 e. The van der Waals surface area contributed by atoms with Crippen molar-refractivity contribution >= 4 is 40.4 Å². The Labute approximate surface area is 159 Å². The predicted octanol–water partition coefficient (Wildman–Crippen LogP) is 4.91. The van der Waals surface area contributed by atoms with Crippen LogP contribution in [0.15, 0.2) is 39.4 Å². The van der Waals surface area contributed by atoms with E-state index < -0.39 is 0 Å². The van der Waals surface area contributed by atoms with E-state index in [1.807, 2.05) is 23.8 Å². The Morgan fingerprint density at radius 1 is 1.32 bits per heavy atom. The summed E-state index contributed by atoms with van der Waals surface area (Å²) in [6.45, 7) is 1.87. The molecule has 0 aliphatic carbocycles. The Bertz CT molecular complexity index is 865. The van der Waals surface area contributed by atoms with Gasteiger partial charge < -0.3 is 9.73 Å². The Morgan fingerprint density at radius 2 is 2.16 bits per heavy atom. The number of carbonyl (C=O) groups is 1. The highest BCUT2D eigenvalue weighted by molar-refractivity contribution is 7.08. The molecule has 1 amide bonds.